The molecule has 6 heterocycles. The second-order valence-corrected chi connectivity index (χ2v) is 19.7. The lowest BCUT2D eigenvalue weighted by atomic mass is 10.1. The van der Waals surface area contributed by atoms with E-state index in [0.717, 1.165) is 110 Å². The van der Waals surface area contributed by atoms with Crippen molar-refractivity contribution in [2.75, 3.05) is 9.80 Å². The van der Waals surface area contributed by atoms with Gasteiger partial charge in [-0.1, -0.05) is 133 Å². The quantitative estimate of drug-likeness (QED) is 0.152. The van der Waals surface area contributed by atoms with Crippen LogP contribution in [0.4, 0.5) is 32.8 Å². The van der Waals surface area contributed by atoms with Gasteiger partial charge in [-0.2, -0.15) is 0 Å². The summed E-state index contributed by atoms with van der Waals surface area (Å²) in [7, 11) is 0. The fourth-order valence-electron chi connectivity index (χ4n) is 10.7. The minimum Gasteiger partial charge on any atom is -0.454 e. The molecule has 8 heteroatoms. The van der Waals surface area contributed by atoms with Crippen LogP contribution in [0.25, 0.3) is 97.5 Å². The highest BCUT2D eigenvalue weighted by molar-refractivity contribution is 7.24. The molecule has 9 aromatic carbocycles. The van der Waals surface area contributed by atoms with E-state index in [2.05, 4.69) is 237 Å². The van der Waals surface area contributed by atoms with Gasteiger partial charge in [-0.3, -0.25) is 9.80 Å². The Morgan fingerprint density at radius 3 is 1.11 bits per heavy atom. The molecule has 0 bridgehead atoms. The van der Waals surface area contributed by atoms with Crippen molar-refractivity contribution in [1.82, 2.24) is 9.13 Å². The Hall–Kier alpha value is -8.82. The number of nitrogens with zero attached hydrogens (tertiary/aromatic N) is 4. The predicted molar refractivity (Wildman–Crippen MR) is 295 cm³/mol. The highest BCUT2D eigenvalue weighted by atomic mass is 32.1. The first-order valence-corrected chi connectivity index (χ1v) is 25.0. The summed E-state index contributed by atoms with van der Waals surface area (Å²) in [6.07, 6.45) is 0. The van der Waals surface area contributed by atoms with E-state index in [1.54, 1.807) is 0 Å². The van der Waals surface area contributed by atoms with Gasteiger partial charge in [-0.15, -0.1) is 22.7 Å². The number of thiophene rings is 2. The van der Waals surface area contributed by atoms with Gasteiger partial charge >= 0.3 is 0 Å². The van der Waals surface area contributed by atoms with Gasteiger partial charge in [0.1, 0.15) is 21.2 Å². The van der Waals surface area contributed by atoms with E-state index in [-0.39, 0.29) is 0 Å². The Morgan fingerprint density at radius 1 is 0.314 bits per heavy atom. The number of hydrogen-bond acceptors (Lipinski definition) is 6. The van der Waals surface area contributed by atoms with E-state index in [1.807, 2.05) is 34.8 Å². The topological polar surface area (TPSA) is 42.6 Å². The van der Waals surface area contributed by atoms with Crippen molar-refractivity contribution in [3.8, 4) is 11.4 Å². The summed E-state index contributed by atoms with van der Waals surface area (Å²) < 4.78 is 20.7. The first-order chi connectivity index (χ1) is 34.7. The van der Waals surface area contributed by atoms with Crippen LogP contribution in [0.15, 0.2) is 239 Å². The highest BCUT2D eigenvalue weighted by Gasteiger charge is 2.28. The first-order valence-electron chi connectivity index (χ1n) is 23.4. The SMILES string of the molecule is c1ccc(N(c2cc3c(s2)c2cc4c(cc2n3-c2ccccc2)c2sc(N(c3ccccc3)c3cccc5c3oc3ccccc35)cc2n4-c2ccccc2)c2cccc3c2oc2ccccc23)cc1. The van der Waals surface area contributed by atoms with Crippen molar-refractivity contribution in [2.24, 2.45) is 0 Å². The first kappa shape index (κ1) is 39.2. The Labute approximate surface area is 408 Å². The van der Waals surface area contributed by atoms with Crippen molar-refractivity contribution in [1.29, 1.82) is 0 Å². The third-order valence-corrected chi connectivity index (χ3v) is 16.0. The monoisotopic (exact) mass is 934 g/mol. The second-order valence-electron chi connectivity index (χ2n) is 17.7. The van der Waals surface area contributed by atoms with E-state index in [9.17, 15) is 0 Å². The van der Waals surface area contributed by atoms with Crippen LogP contribution >= 0.6 is 22.7 Å². The molecule has 15 rings (SSSR count). The van der Waals surface area contributed by atoms with Gasteiger partial charge in [0.15, 0.2) is 11.2 Å². The van der Waals surface area contributed by atoms with Crippen molar-refractivity contribution in [2.45, 2.75) is 0 Å². The number of benzene rings is 9. The van der Waals surface area contributed by atoms with Gasteiger partial charge in [0.25, 0.3) is 0 Å². The van der Waals surface area contributed by atoms with E-state index >= 15 is 0 Å². The van der Waals surface area contributed by atoms with Crippen molar-refractivity contribution in [3.05, 3.63) is 231 Å². The third-order valence-electron chi connectivity index (χ3n) is 13.7. The zero-order valence-corrected chi connectivity index (χ0v) is 39.0. The fourth-order valence-corrected chi connectivity index (χ4v) is 13.1. The minimum absolute atomic E-state index is 0.864. The lowest BCUT2D eigenvalue weighted by Crippen LogP contribution is -2.08. The van der Waals surface area contributed by atoms with E-state index in [4.69, 9.17) is 8.83 Å². The lowest BCUT2D eigenvalue weighted by molar-refractivity contribution is 0.669. The number of para-hydroxylation sites is 8. The molecule has 0 N–H and O–H groups in total. The van der Waals surface area contributed by atoms with Crippen molar-refractivity contribution < 1.29 is 8.83 Å². The normalized spacial score (nSPS) is 12.0. The van der Waals surface area contributed by atoms with Crippen LogP contribution in [0.5, 0.6) is 0 Å². The summed E-state index contributed by atoms with van der Waals surface area (Å²) >= 11 is 3.64. The van der Waals surface area contributed by atoms with Crippen LogP contribution in [0.3, 0.4) is 0 Å². The third kappa shape index (κ3) is 5.84. The molecule has 0 saturated carbocycles. The highest BCUT2D eigenvalue weighted by Crippen LogP contribution is 2.52. The summed E-state index contributed by atoms with van der Waals surface area (Å²) in [5.41, 5.74) is 14.4. The summed E-state index contributed by atoms with van der Waals surface area (Å²) in [5.74, 6) is 0. The molecule has 0 aliphatic carbocycles. The maximum atomic E-state index is 6.70. The smallest absolute Gasteiger partial charge is 0.159 e. The summed E-state index contributed by atoms with van der Waals surface area (Å²) in [6.45, 7) is 0. The average Bonchev–Trinajstić information content (AvgIpc) is 4.28. The van der Waals surface area contributed by atoms with Crippen LogP contribution in [0.2, 0.25) is 0 Å². The Bertz CT molecular complexity index is 4200. The standard InChI is InChI=1S/C62H38N4O2S2/c1-5-19-39(20-6-1)63-51-35-48-52(36-47(51)61-53(63)37-57(69-61)65(41-23-9-3-10-24-41)49-31-17-29-45-43-27-13-15-33-55(43)67-59(45)49)64(40-21-7-2-8-22-40)54-38-58(70-62(48)54)66(42-25-11-4-12-26-42)50-32-18-30-46-44-28-14-16-34-56(44)68-60(46)50/h1-38H. The molecule has 0 spiro atoms. The maximum Gasteiger partial charge on any atom is 0.159 e. The van der Waals surface area contributed by atoms with E-state index in [1.165, 1.54) is 20.2 Å². The minimum atomic E-state index is 0.864. The average molecular weight is 935 g/mol. The molecular formula is C62H38N4O2S2. The van der Waals surface area contributed by atoms with Gasteiger partial charge in [0.05, 0.1) is 42.8 Å². The zero-order chi connectivity index (χ0) is 45.9. The number of aromatic nitrogens is 2. The molecule has 0 atom stereocenters. The molecule has 6 nitrogen and oxygen atoms in total. The molecule has 6 aromatic heterocycles. The van der Waals surface area contributed by atoms with E-state index in [0.29, 0.717) is 0 Å². The maximum absolute atomic E-state index is 6.70. The van der Waals surface area contributed by atoms with Gasteiger partial charge in [0.2, 0.25) is 0 Å². The summed E-state index contributed by atoms with van der Waals surface area (Å²) in [4.78, 5) is 4.73. The van der Waals surface area contributed by atoms with Gasteiger partial charge in [-0.05, 0) is 97.1 Å². The Kier molecular flexibility index (Phi) is 8.60. The molecule has 0 radical (unpaired) electrons. The molecule has 0 aliphatic rings. The summed E-state index contributed by atoms with van der Waals surface area (Å²) in [5, 5.41) is 9.00. The Balaban J connectivity index is 0.992. The molecule has 0 unspecified atom stereocenters. The molecule has 330 valence electrons. The van der Waals surface area contributed by atoms with Crippen LogP contribution in [0.1, 0.15) is 0 Å². The molecule has 0 fully saturated rings. The number of fused-ring (bicyclic) bond motifs is 12. The van der Waals surface area contributed by atoms with Gasteiger partial charge in [0, 0.05) is 55.1 Å². The Morgan fingerprint density at radius 2 is 0.686 bits per heavy atom. The molecule has 0 amide bonds. The van der Waals surface area contributed by atoms with Crippen molar-refractivity contribution in [3.63, 3.8) is 0 Å². The van der Waals surface area contributed by atoms with Gasteiger partial charge < -0.3 is 18.0 Å². The number of anilines is 6. The number of rotatable bonds is 8. The van der Waals surface area contributed by atoms with Gasteiger partial charge in [-0.25, -0.2) is 0 Å². The molecule has 15 aromatic rings. The van der Waals surface area contributed by atoms with E-state index < -0.39 is 0 Å². The second kappa shape index (κ2) is 15.3. The molecular weight excluding hydrogens is 897 g/mol. The number of furan rings is 2. The van der Waals surface area contributed by atoms with Crippen LogP contribution in [-0.2, 0) is 0 Å². The van der Waals surface area contributed by atoms with Crippen LogP contribution < -0.4 is 9.80 Å². The zero-order valence-electron chi connectivity index (χ0n) is 37.4. The molecule has 70 heavy (non-hydrogen) atoms. The predicted octanol–water partition coefficient (Wildman–Crippen LogP) is 18.7. The molecule has 0 aliphatic heterocycles. The number of hydrogen-bond donors (Lipinski definition) is 0. The lowest BCUT2D eigenvalue weighted by Gasteiger charge is -2.23. The van der Waals surface area contributed by atoms with Crippen LogP contribution in [-0.4, -0.2) is 9.13 Å². The largest absolute Gasteiger partial charge is 0.454 e. The molecule has 0 saturated heterocycles. The van der Waals surface area contributed by atoms with Crippen molar-refractivity contribution >= 4 is 142 Å². The fraction of sp³-hybridized carbons (Fsp3) is 0. The summed E-state index contributed by atoms with van der Waals surface area (Å²) in [6, 6.07) is 82.1. The van der Waals surface area contributed by atoms with Crippen LogP contribution in [0, 0.1) is 0 Å².